The summed E-state index contributed by atoms with van der Waals surface area (Å²) in [5, 5.41) is 55.0. The second kappa shape index (κ2) is 12.5. The molecule has 234 valence electrons. The van der Waals surface area contributed by atoms with Crippen molar-refractivity contribution in [3.63, 3.8) is 0 Å². The molecule has 0 unspecified atom stereocenters. The van der Waals surface area contributed by atoms with Gasteiger partial charge in [-0.3, -0.25) is 0 Å². The van der Waals surface area contributed by atoms with E-state index in [1.807, 2.05) is 103 Å². The molecule has 0 radical (unpaired) electrons. The molecule has 0 amide bonds. The molecular weight excluding hydrogens is 588 g/mol. The van der Waals surface area contributed by atoms with E-state index in [0.717, 1.165) is 16.7 Å². The van der Waals surface area contributed by atoms with E-state index in [4.69, 9.17) is 4.74 Å². The Morgan fingerprint density at radius 1 is 0.404 bits per heavy atom. The Morgan fingerprint density at radius 2 is 0.745 bits per heavy atom. The van der Waals surface area contributed by atoms with Crippen molar-refractivity contribution in [1.82, 2.24) is 0 Å². The molecular formula is C41H34O6. The van der Waals surface area contributed by atoms with Crippen LogP contribution in [-0.2, 0) is 32.3 Å². The molecule has 0 spiro atoms. The van der Waals surface area contributed by atoms with Gasteiger partial charge in [0, 0.05) is 25.7 Å². The Kier molecular flexibility index (Phi) is 7.92. The molecule has 47 heavy (non-hydrogen) atoms. The van der Waals surface area contributed by atoms with Crippen molar-refractivity contribution >= 4 is 0 Å². The van der Waals surface area contributed by atoms with Gasteiger partial charge >= 0.3 is 0 Å². The van der Waals surface area contributed by atoms with Crippen LogP contribution in [0.2, 0.25) is 0 Å². The normalized spacial score (nSPS) is 12.4. The monoisotopic (exact) mass is 622 g/mol. The lowest BCUT2D eigenvalue weighted by molar-refractivity contribution is 0.306. The molecule has 6 heteroatoms. The fourth-order valence-corrected chi connectivity index (χ4v) is 6.36. The zero-order chi connectivity index (χ0) is 32.5. The van der Waals surface area contributed by atoms with Crippen molar-refractivity contribution in [2.45, 2.75) is 32.3 Å². The summed E-state index contributed by atoms with van der Waals surface area (Å²) in [5.74, 6) is 1.41. The van der Waals surface area contributed by atoms with Crippen molar-refractivity contribution in [3.05, 3.63) is 165 Å². The molecule has 0 fully saturated rings. The van der Waals surface area contributed by atoms with Crippen molar-refractivity contribution in [3.8, 4) is 45.6 Å². The second-order valence-electron chi connectivity index (χ2n) is 12.1. The van der Waals surface area contributed by atoms with Crippen LogP contribution in [-0.4, -0.2) is 25.5 Å². The maximum atomic E-state index is 11.6. The van der Waals surface area contributed by atoms with Gasteiger partial charge in [-0.2, -0.15) is 0 Å². The van der Waals surface area contributed by atoms with Crippen molar-refractivity contribution in [2.24, 2.45) is 0 Å². The van der Waals surface area contributed by atoms with Crippen LogP contribution >= 0.6 is 0 Å². The van der Waals surface area contributed by atoms with Gasteiger partial charge in [-0.1, -0.05) is 78.9 Å². The highest BCUT2D eigenvalue weighted by atomic mass is 16.5. The molecule has 8 bridgehead atoms. The highest BCUT2D eigenvalue weighted by Crippen LogP contribution is 2.38. The fraction of sp³-hybridized carbons (Fsp3) is 0.122. The third kappa shape index (κ3) is 6.18. The topological polar surface area (TPSA) is 110 Å². The standard InChI is InChI=1S/C41H34O6/c42-36-14-10-26(11-15-36)27-12-16-37(17-13-27)47-24-25-18-34-22-32-8-2-6-30(39(32)44)20-28-4-1-5-29(38(28)43)21-31-7-3-9-33(40(31)45)23-35(19-25)41(34)46/h1-19,42-46H,20-24H2. The summed E-state index contributed by atoms with van der Waals surface area (Å²) in [7, 11) is 0. The Bertz CT molecular complexity index is 1980. The van der Waals surface area contributed by atoms with Crippen LogP contribution in [0.15, 0.2) is 115 Å². The molecule has 6 aromatic rings. The van der Waals surface area contributed by atoms with Crippen molar-refractivity contribution in [1.29, 1.82) is 0 Å². The summed E-state index contributed by atoms with van der Waals surface area (Å²) in [4.78, 5) is 0. The van der Waals surface area contributed by atoms with E-state index < -0.39 is 0 Å². The van der Waals surface area contributed by atoms with Crippen LogP contribution < -0.4 is 4.74 Å². The van der Waals surface area contributed by atoms with Gasteiger partial charge < -0.3 is 30.3 Å². The number of ether oxygens (including phenoxy) is 1. The Hall–Kier alpha value is -5.88. The summed E-state index contributed by atoms with van der Waals surface area (Å²) in [5.41, 5.74) is 8.07. The first-order valence-corrected chi connectivity index (χ1v) is 15.6. The Balaban J connectivity index is 1.25. The predicted octanol–water partition coefficient (Wildman–Crippen LogP) is 8.14. The van der Waals surface area contributed by atoms with E-state index >= 15 is 0 Å². The van der Waals surface area contributed by atoms with E-state index in [-0.39, 0.29) is 48.2 Å². The maximum Gasteiger partial charge on any atom is 0.122 e. The van der Waals surface area contributed by atoms with Gasteiger partial charge in [-0.25, -0.2) is 0 Å². The molecule has 0 saturated heterocycles. The molecule has 0 atom stereocenters. The molecule has 0 aromatic heterocycles. The zero-order valence-electron chi connectivity index (χ0n) is 25.6. The minimum Gasteiger partial charge on any atom is -0.508 e. The summed E-state index contributed by atoms with van der Waals surface area (Å²) < 4.78 is 6.19. The van der Waals surface area contributed by atoms with Gasteiger partial charge in [0.25, 0.3) is 0 Å². The minimum absolute atomic E-state index is 0.108. The average molecular weight is 623 g/mol. The van der Waals surface area contributed by atoms with E-state index in [1.165, 1.54) is 0 Å². The molecule has 1 aliphatic rings. The Morgan fingerprint density at radius 3 is 1.15 bits per heavy atom. The van der Waals surface area contributed by atoms with E-state index in [0.29, 0.717) is 63.1 Å². The largest absolute Gasteiger partial charge is 0.508 e. The first-order valence-electron chi connectivity index (χ1n) is 15.6. The van der Waals surface area contributed by atoms with Crippen LogP contribution in [0.4, 0.5) is 0 Å². The lowest BCUT2D eigenvalue weighted by Gasteiger charge is -2.18. The quantitative estimate of drug-likeness (QED) is 0.136. The van der Waals surface area contributed by atoms with Crippen molar-refractivity contribution < 1.29 is 30.3 Å². The van der Waals surface area contributed by atoms with Gasteiger partial charge in [0.2, 0.25) is 0 Å². The predicted molar refractivity (Wildman–Crippen MR) is 182 cm³/mol. The minimum atomic E-state index is 0.108. The number of para-hydroxylation sites is 3. The molecule has 1 aliphatic carbocycles. The molecule has 0 heterocycles. The third-order valence-corrected chi connectivity index (χ3v) is 8.92. The van der Waals surface area contributed by atoms with Crippen molar-refractivity contribution in [2.75, 3.05) is 0 Å². The number of phenols is 5. The first kappa shape index (κ1) is 29.8. The van der Waals surface area contributed by atoms with Crippen LogP contribution in [0.25, 0.3) is 11.1 Å². The van der Waals surface area contributed by atoms with E-state index in [1.54, 1.807) is 12.1 Å². The van der Waals surface area contributed by atoms with Crippen LogP contribution in [0.1, 0.15) is 50.1 Å². The van der Waals surface area contributed by atoms with Gasteiger partial charge in [0.05, 0.1) is 0 Å². The molecule has 5 N–H and O–H groups in total. The molecule has 0 aliphatic heterocycles. The van der Waals surface area contributed by atoms with Gasteiger partial charge in [0.15, 0.2) is 0 Å². The molecule has 6 aromatic carbocycles. The molecule has 7 rings (SSSR count). The Labute approximate surface area is 273 Å². The summed E-state index contributed by atoms with van der Waals surface area (Å²) in [6.07, 6.45) is 1.18. The lowest BCUT2D eigenvalue weighted by Crippen LogP contribution is -2.03. The number of fused-ring (bicyclic) bond motifs is 8. The van der Waals surface area contributed by atoms with Crippen LogP contribution in [0.5, 0.6) is 34.5 Å². The zero-order valence-corrected chi connectivity index (χ0v) is 25.6. The van der Waals surface area contributed by atoms with E-state index in [2.05, 4.69) is 0 Å². The SMILES string of the molecule is Oc1ccc(-c2ccc(OCc3cc4c(O)c(c3)Cc3cccc(c3O)Cc3cccc(c3O)Cc3cccc(c3O)C4)cc2)cc1. The summed E-state index contributed by atoms with van der Waals surface area (Å²) >= 11 is 0. The number of hydrogen-bond donors (Lipinski definition) is 5. The smallest absolute Gasteiger partial charge is 0.122 e. The highest BCUT2D eigenvalue weighted by molar-refractivity contribution is 5.65. The number of rotatable bonds is 4. The van der Waals surface area contributed by atoms with Crippen LogP contribution in [0.3, 0.4) is 0 Å². The lowest BCUT2D eigenvalue weighted by atomic mass is 9.90. The van der Waals surface area contributed by atoms with Crippen LogP contribution in [0, 0.1) is 0 Å². The first-order chi connectivity index (χ1) is 22.8. The molecule has 6 nitrogen and oxygen atoms in total. The average Bonchev–Trinajstić information content (AvgIpc) is 3.07. The number of benzene rings is 6. The fourth-order valence-electron chi connectivity index (χ4n) is 6.36. The van der Waals surface area contributed by atoms with E-state index in [9.17, 15) is 25.5 Å². The number of hydrogen-bond acceptors (Lipinski definition) is 6. The highest BCUT2D eigenvalue weighted by Gasteiger charge is 2.19. The van der Waals surface area contributed by atoms with Gasteiger partial charge in [0.1, 0.15) is 41.1 Å². The van der Waals surface area contributed by atoms with Gasteiger partial charge in [-0.15, -0.1) is 0 Å². The second-order valence-corrected chi connectivity index (χ2v) is 12.1. The third-order valence-electron chi connectivity index (χ3n) is 8.92. The number of aromatic hydroxyl groups is 5. The van der Waals surface area contributed by atoms with Gasteiger partial charge in [-0.05, 0) is 97.6 Å². The summed E-state index contributed by atoms with van der Waals surface area (Å²) in [6.45, 7) is 0.241. The maximum absolute atomic E-state index is 11.6. The number of phenolic OH excluding ortho intramolecular Hbond substituents is 5. The molecule has 0 saturated carbocycles. The summed E-state index contributed by atoms with van der Waals surface area (Å²) in [6, 6.07) is 35.2.